The number of thiazole rings is 1. The van der Waals surface area contributed by atoms with Crippen molar-refractivity contribution in [1.29, 1.82) is 0 Å². The number of H-pyrrole nitrogens is 1. The highest BCUT2D eigenvalue weighted by atomic mass is 32.1. The van der Waals surface area contributed by atoms with Crippen LogP contribution in [0.2, 0.25) is 0 Å². The van der Waals surface area contributed by atoms with E-state index in [2.05, 4.69) is 16.4 Å². The number of para-hydroxylation sites is 1. The minimum atomic E-state index is 0.848. The van der Waals surface area contributed by atoms with Crippen LogP contribution in [0.5, 0.6) is 0 Å². The van der Waals surface area contributed by atoms with E-state index in [9.17, 15) is 0 Å². The Morgan fingerprint density at radius 1 is 1.00 bits per heavy atom. The molecule has 1 aromatic carbocycles. The van der Waals surface area contributed by atoms with E-state index in [4.69, 9.17) is 12.2 Å². The van der Waals surface area contributed by atoms with Crippen LogP contribution >= 0.6 is 23.6 Å². The molecule has 4 heteroatoms. The van der Waals surface area contributed by atoms with E-state index in [-0.39, 0.29) is 0 Å². The Bertz CT molecular complexity index is 445. The van der Waals surface area contributed by atoms with Gasteiger partial charge in [0.15, 0.2) is 3.95 Å². The third kappa shape index (κ3) is 4.22. The summed E-state index contributed by atoms with van der Waals surface area (Å²) in [5.74, 6) is 0. The smallest absolute Gasteiger partial charge is 0.159 e. The van der Waals surface area contributed by atoms with Crippen LogP contribution in [0, 0.1) is 3.95 Å². The largest absolute Gasteiger partial charge is 0.337 e. The van der Waals surface area contributed by atoms with Crippen molar-refractivity contribution in [2.45, 2.75) is 25.7 Å². The number of aromatic amines is 1. The SMILES string of the molecule is C1CCCNCC1.S=c1[nH]c2ccccc2s1. The maximum absolute atomic E-state index is 4.98. The normalized spacial score (nSPS) is 16.0. The highest BCUT2D eigenvalue weighted by Crippen LogP contribution is 2.17. The molecule has 2 nitrogen and oxygen atoms in total. The van der Waals surface area contributed by atoms with Crippen molar-refractivity contribution >= 4 is 33.8 Å². The zero-order valence-corrected chi connectivity index (χ0v) is 11.5. The van der Waals surface area contributed by atoms with Gasteiger partial charge in [-0.15, -0.1) is 11.3 Å². The molecule has 0 saturated carbocycles. The lowest BCUT2D eigenvalue weighted by Crippen LogP contribution is -2.12. The first-order chi connectivity index (χ1) is 8.36. The van der Waals surface area contributed by atoms with E-state index < -0.39 is 0 Å². The summed E-state index contributed by atoms with van der Waals surface area (Å²) in [7, 11) is 0. The van der Waals surface area contributed by atoms with E-state index in [1.54, 1.807) is 11.3 Å². The Morgan fingerprint density at radius 2 is 1.71 bits per heavy atom. The number of nitrogens with one attached hydrogen (secondary N) is 2. The molecule has 0 unspecified atom stereocenters. The van der Waals surface area contributed by atoms with Gasteiger partial charge in [-0.3, -0.25) is 0 Å². The number of hydrogen-bond donors (Lipinski definition) is 2. The van der Waals surface area contributed by atoms with Crippen LogP contribution in [0.1, 0.15) is 25.7 Å². The van der Waals surface area contributed by atoms with Gasteiger partial charge in [-0.05, 0) is 50.3 Å². The van der Waals surface area contributed by atoms with Gasteiger partial charge in [0.2, 0.25) is 0 Å². The summed E-state index contributed by atoms with van der Waals surface area (Å²) in [4.78, 5) is 3.09. The topological polar surface area (TPSA) is 27.8 Å². The zero-order valence-electron chi connectivity index (χ0n) is 9.87. The van der Waals surface area contributed by atoms with Crippen LogP contribution in [0.4, 0.5) is 0 Å². The van der Waals surface area contributed by atoms with Crippen molar-refractivity contribution in [2.75, 3.05) is 13.1 Å². The second-order valence-electron chi connectivity index (χ2n) is 4.17. The Hall–Kier alpha value is -0.710. The van der Waals surface area contributed by atoms with E-state index >= 15 is 0 Å². The van der Waals surface area contributed by atoms with Crippen molar-refractivity contribution in [3.05, 3.63) is 28.2 Å². The second-order valence-corrected chi connectivity index (χ2v) is 5.89. The summed E-state index contributed by atoms with van der Waals surface area (Å²) in [6.07, 6.45) is 5.65. The fraction of sp³-hybridized carbons (Fsp3) is 0.462. The molecule has 17 heavy (non-hydrogen) atoms. The molecule has 1 aromatic heterocycles. The molecule has 3 rings (SSSR count). The average Bonchev–Trinajstić information content (AvgIpc) is 2.57. The fourth-order valence-electron chi connectivity index (χ4n) is 1.87. The van der Waals surface area contributed by atoms with E-state index in [0.29, 0.717) is 0 Å². The van der Waals surface area contributed by atoms with E-state index in [1.165, 1.54) is 43.5 Å². The molecule has 1 saturated heterocycles. The fourth-order valence-corrected chi connectivity index (χ4v) is 2.99. The van der Waals surface area contributed by atoms with Gasteiger partial charge in [-0.2, -0.15) is 0 Å². The second kappa shape index (κ2) is 6.89. The van der Waals surface area contributed by atoms with Crippen LogP contribution in [0.3, 0.4) is 0 Å². The molecule has 92 valence electrons. The van der Waals surface area contributed by atoms with Gasteiger partial charge in [0.1, 0.15) is 0 Å². The molecule has 1 aliphatic rings. The number of hydrogen-bond acceptors (Lipinski definition) is 3. The Kier molecular flexibility index (Phi) is 5.16. The summed E-state index contributed by atoms with van der Waals surface area (Å²) < 4.78 is 2.08. The summed E-state index contributed by atoms with van der Waals surface area (Å²) in [5, 5.41) is 3.35. The third-order valence-corrected chi connectivity index (χ3v) is 4.00. The maximum atomic E-state index is 4.98. The molecular weight excluding hydrogens is 248 g/mol. The Balaban J connectivity index is 0.000000136. The Morgan fingerprint density at radius 3 is 2.41 bits per heavy atom. The standard InChI is InChI=1S/C7H5NS2.C6H13N/c9-7-8-5-3-1-2-4-6(5)10-7;1-2-4-6-7-5-3-1/h1-4H,(H,8,9);7H,1-6H2. The lowest BCUT2D eigenvalue weighted by molar-refractivity contribution is 0.702. The van der Waals surface area contributed by atoms with Crippen LogP contribution in [0.15, 0.2) is 24.3 Å². The monoisotopic (exact) mass is 266 g/mol. The van der Waals surface area contributed by atoms with Crippen molar-refractivity contribution in [3.8, 4) is 0 Å². The third-order valence-electron chi connectivity index (χ3n) is 2.78. The van der Waals surface area contributed by atoms with Crippen LogP contribution in [-0.2, 0) is 0 Å². The van der Waals surface area contributed by atoms with Crippen LogP contribution < -0.4 is 5.32 Å². The molecule has 0 bridgehead atoms. The maximum Gasteiger partial charge on any atom is 0.159 e. The lowest BCUT2D eigenvalue weighted by atomic mass is 10.2. The van der Waals surface area contributed by atoms with Gasteiger partial charge in [0.25, 0.3) is 0 Å². The Labute approximate surface area is 111 Å². The average molecular weight is 266 g/mol. The summed E-state index contributed by atoms with van der Waals surface area (Å²) >= 11 is 6.59. The molecule has 1 aliphatic heterocycles. The van der Waals surface area contributed by atoms with Crippen molar-refractivity contribution in [1.82, 2.24) is 10.3 Å². The van der Waals surface area contributed by atoms with Gasteiger partial charge >= 0.3 is 0 Å². The number of benzene rings is 1. The van der Waals surface area contributed by atoms with Gasteiger partial charge < -0.3 is 10.3 Å². The van der Waals surface area contributed by atoms with E-state index in [0.717, 1.165) is 9.47 Å². The predicted molar refractivity (Wildman–Crippen MR) is 78.3 cm³/mol. The molecule has 2 heterocycles. The van der Waals surface area contributed by atoms with Crippen molar-refractivity contribution in [3.63, 3.8) is 0 Å². The molecular formula is C13H18N2S2. The van der Waals surface area contributed by atoms with Crippen LogP contribution in [-0.4, -0.2) is 18.1 Å². The molecule has 2 aromatic rings. The van der Waals surface area contributed by atoms with Gasteiger partial charge in [0, 0.05) is 0 Å². The molecule has 1 fully saturated rings. The lowest BCUT2D eigenvalue weighted by Gasteiger charge is -1.91. The predicted octanol–water partition coefficient (Wildman–Crippen LogP) is 4.11. The highest BCUT2D eigenvalue weighted by molar-refractivity contribution is 7.73. The summed E-state index contributed by atoms with van der Waals surface area (Å²) in [6, 6.07) is 8.11. The molecule has 0 spiro atoms. The quantitative estimate of drug-likeness (QED) is 0.702. The first-order valence-corrected chi connectivity index (χ1v) is 7.37. The van der Waals surface area contributed by atoms with E-state index in [1.807, 2.05) is 18.2 Å². The van der Waals surface area contributed by atoms with Gasteiger partial charge in [-0.25, -0.2) is 0 Å². The molecule has 0 atom stereocenters. The number of aromatic nitrogens is 1. The summed E-state index contributed by atoms with van der Waals surface area (Å²) in [5.41, 5.74) is 1.14. The van der Waals surface area contributed by atoms with Gasteiger partial charge in [0.05, 0.1) is 10.2 Å². The van der Waals surface area contributed by atoms with Crippen molar-refractivity contribution < 1.29 is 0 Å². The molecule has 2 N–H and O–H groups in total. The van der Waals surface area contributed by atoms with Crippen molar-refractivity contribution in [2.24, 2.45) is 0 Å². The van der Waals surface area contributed by atoms with Crippen LogP contribution in [0.25, 0.3) is 10.2 Å². The minimum absolute atomic E-state index is 0.848. The molecule has 0 radical (unpaired) electrons. The van der Waals surface area contributed by atoms with Gasteiger partial charge in [-0.1, -0.05) is 25.0 Å². The first-order valence-electron chi connectivity index (χ1n) is 6.15. The minimum Gasteiger partial charge on any atom is -0.337 e. The summed E-state index contributed by atoms with van der Waals surface area (Å²) in [6.45, 7) is 2.50. The zero-order chi connectivity index (χ0) is 11.9. The molecule has 0 amide bonds. The number of rotatable bonds is 0. The first kappa shape index (κ1) is 12.7. The number of fused-ring (bicyclic) bond motifs is 1. The highest BCUT2D eigenvalue weighted by Gasteiger charge is 1.94. The molecule has 0 aliphatic carbocycles.